The Hall–Kier alpha value is -7.42. The van der Waals surface area contributed by atoms with E-state index < -0.39 is 0 Å². The summed E-state index contributed by atoms with van der Waals surface area (Å²) >= 11 is 0. The van der Waals surface area contributed by atoms with Crippen LogP contribution in [0, 0.1) is 0 Å². The highest BCUT2D eigenvalue weighted by Gasteiger charge is 2.36. The molecule has 0 fully saturated rings. The van der Waals surface area contributed by atoms with Gasteiger partial charge in [-0.05, 0) is 119 Å². The molecular formula is C57H36O2. The summed E-state index contributed by atoms with van der Waals surface area (Å²) in [4.78, 5) is 0. The lowest BCUT2D eigenvalue weighted by molar-refractivity contribution is 0.660. The summed E-state index contributed by atoms with van der Waals surface area (Å²) in [6.07, 6.45) is 0. The molecule has 1 aliphatic carbocycles. The average Bonchev–Trinajstić information content (AvgIpc) is 3.92. The summed E-state index contributed by atoms with van der Waals surface area (Å²) in [5.41, 5.74) is 15.8. The topological polar surface area (TPSA) is 26.3 Å². The van der Waals surface area contributed by atoms with Gasteiger partial charge in [-0.25, -0.2) is 0 Å². The molecule has 0 spiro atoms. The Morgan fingerprint density at radius 1 is 0.339 bits per heavy atom. The molecule has 0 saturated heterocycles. The molecular weight excluding hydrogens is 717 g/mol. The van der Waals surface area contributed by atoms with Gasteiger partial charge in [0.2, 0.25) is 0 Å². The SMILES string of the molecule is CC1(C)c2ccc(-c3cc4oc5ccccc5c4c4c3oc3ccccc34)cc2-c2ccc(-c3c4ccccc4c(-c4ccc5ccccc5c4)c4ccccc34)cc21. The lowest BCUT2D eigenvalue weighted by Crippen LogP contribution is -2.15. The van der Waals surface area contributed by atoms with Crippen molar-refractivity contribution in [2.45, 2.75) is 19.3 Å². The number of hydrogen-bond donors (Lipinski definition) is 0. The number of benzene rings is 10. The second-order valence-corrected chi connectivity index (χ2v) is 16.7. The van der Waals surface area contributed by atoms with Crippen molar-refractivity contribution in [1.29, 1.82) is 0 Å². The van der Waals surface area contributed by atoms with Crippen molar-refractivity contribution in [2.24, 2.45) is 0 Å². The van der Waals surface area contributed by atoms with Crippen LogP contribution in [0.1, 0.15) is 25.0 Å². The Labute approximate surface area is 340 Å². The molecule has 0 atom stereocenters. The normalized spacial score (nSPS) is 13.4. The van der Waals surface area contributed by atoms with Gasteiger partial charge in [0.1, 0.15) is 22.3 Å². The fraction of sp³-hybridized carbons (Fsp3) is 0.0526. The molecule has 0 saturated carbocycles. The largest absolute Gasteiger partial charge is 0.456 e. The maximum atomic E-state index is 6.74. The van der Waals surface area contributed by atoms with Crippen molar-refractivity contribution in [2.75, 3.05) is 0 Å². The van der Waals surface area contributed by atoms with E-state index in [-0.39, 0.29) is 5.41 Å². The zero-order valence-corrected chi connectivity index (χ0v) is 32.6. The highest BCUT2D eigenvalue weighted by Crippen LogP contribution is 2.53. The number of rotatable bonds is 3. The molecule has 10 aromatic carbocycles. The minimum absolute atomic E-state index is 0.201. The molecule has 0 amide bonds. The fourth-order valence-electron chi connectivity index (χ4n) is 10.5. The Kier molecular flexibility index (Phi) is 6.54. The molecule has 0 radical (unpaired) electrons. The zero-order valence-electron chi connectivity index (χ0n) is 32.6. The van der Waals surface area contributed by atoms with Gasteiger partial charge < -0.3 is 8.83 Å². The summed E-state index contributed by atoms with van der Waals surface area (Å²) < 4.78 is 13.3. The van der Waals surface area contributed by atoms with Crippen molar-refractivity contribution in [3.05, 3.63) is 193 Å². The van der Waals surface area contributed by atoms with E-state index in [4.69, 9.17) is 8.83 Å². The van der Waals surface area contributed by atoms with Crippen LogP contribution in [0.4, 0.5) is 0 Å². The van der Waals surface area contributed by atoms with E-state index in [1.807, 2.05) is 12.1 Å². The third-order valence-electron chi connectivity index (χ3n) is 13.2. The monoisotopic (exact) mass is 752 g/mol. The maximum absolute atomic E-state index is 6.74. The average molecular weight is 753 g/mol. The van der Waals surface area contributed by atoms with Crippen LogP contribution in [0.15, 0.2) is 191 Å². The zero-order chi connectivity index (χ0) is 39.0. The van der Waals surface area contributed by atoms with E-state index >= 15 is 0 Å². The van der Waals surface area contributed by atoms with Crippen LogP contribution >= 0.6 is 0 Å². The van der Waals surface area contributed by atoms with Gasteiger partial charge in [-0.1, -0.05) is 159 Å². The summed E-state index contributed by atoms with van der Waals surface area (Å²) in [6, 6.07) is 66.5. The standard InChI is InChI=1S/C57H36O2/c1-57(2)47-28-26-35(45-32-51-54(43-19-9-11-21-49(43)58-51)55-44-20-10-12-22-50(44)59-56(45)55)30-46(47)38-27-25-37(31-48(38)57)53-41-17-7-5-15-39(41)52(40-16-6-8-18-42(40)53)36-24-23-33-13-3-4-14-34(33)29-36/h3-32H,1-2H3. The molecule has 12 aromatic rings. The highest BCUT2D eigenvalue weighted by atomic mass is 16.3. The molecule has 2 heterocycles. The Bertz CT molecular complexity index is 3700. The van der Waals surface area contributed by atoms with Gasteiger partial charge in [0.05, 0.1) is 0 Å². The van der Waals surface area contributed by atoms with Gasteiger partial charge >= 0.3 is 0 Å². The number of fused-ring (bicyclic) bond motifs is 13. The van der Waals surface area contributed by atoms with E-state index in [2.05, 4.69) is 184 Å². The van der Waals surface area contributed by atoms with Crippen molar-refractivity contribution >= 4 is 76.2 Å². The summed E-state index contributed by atoms with van der Waals surface area (Å²) in [7, 11) is 0. The summed E-state index contributed by atoms with van der Waals surface area (Å²) in [6.45, 7) is 4.75. The van der Waals surface area contributed by atoms with Gasteiger partial charge in [-0.2, -0.15) is 0 Å². The predicted molar refractivity (Wildman–Crippen MR) is 247 cm³/mol. The smallest absolute Gasteiger partial charge is 0.144 e. The first-order chi connectivity index (χ1) is 29.0. The van der Waals surface area contributed by atoms with Crippen molar-refractivity contribution in [3.8, 4) is 44.5 Å². The van der Waals surface area contributed by atoms with Crippen LogP contribution in [0.25, 0.3) is 121 Å². The second-order valence-electron chi connectivity index (χ2n) is 16.7. The molecule has 2 heteroatoms. The van der Waals surface area contributed by atoms with Crippen LogP contribution in [0.2, 0.25) is 0 Å². The maximum Gasteiger partial charge on any atom is 0.144 e. The summed E-state index contributed by atoms with van der Waals surface area (Å²) in [5, 5.41) is 12.0. The minimum Gasteiger partial charge on any atom is -0.456 e. The Balaban J connectivity index is 1.01. The lowest BCUT2D eigenvalue weighted by Gasteiger charge is -2.23. The fourth-order valence-corrected chi connectivity index (χ4v) is 10.5. The Morgan fingerprint density at radius 2 is 0.881 bits per heavy atom. The van der Waals surface area contributed by atoms with E-state index in [1.54, 1.807) is 0 Å². The number of hydrogen-bond acceptors (Lipinski definition) is 2. The quantitative estimate of drug-likeness (QED) is 0.168. The molecule has 13 rings (SSSR count). The number of para-hydroxylation sites is 2. The second kappa shape index (κ2) is 11.8. The molecule has 276 valence electrons. The van der Waals surface area contributed by atoms with E-state index in [1.165, 1.54) is 76.8 Å². The van der Waals surface area contributed by atoms with Crippen LogP contribution in [-0.2, 0) is 5.41 Å². The Morgan fingerprint density at radius 3 is 1.58 bits per heavy atom. The van der Waals surface area contributed by atoms with Crippen molar-refractivity contribution < 1.29 is 8.83 Å². The minimum atomic E-state index is -0.201. The first kappa shape index (κ1) is 32.6. The van der Waals surface area contributed by atoms with Gasteiger partial charge in [-0.3, -0.25) is 0 Å². The highest BCUT2D eigenvalue weighted by molar-refractivity contribution is 6.28. The predicted octanol–water partition coefficient (Wildman–Crippen LogP) is 16.3. The van der Waals surface area contributed by atoms with Crippen LogP contribution in [0.5, 0.6) is 0 Å². The summed E-state index contributed by atoms with van der Waals surface area (Å²) in [5.74, 6) is 0. The molecule has 0 bridgehead atoms. The molecule has 2 aromatic heterocycles. The molecule has 1 aliphatic rings. The molecule has 2 nitrogen and oxygen atoms in total. The first-order valence-electron chi connectivity index (χ1n) is 20.5. The van der Waals surface area contributed by atoms with Crippen molar-refractivity contribution in [1.82, 2.24) is 0 Å². The van der Waals surface area contributed by atoms with E-state index in [9.17, 15) is 0 Å². The molecule has 0 aliphatic heterocycles. The third-order valence-corrected chi connectivity index (χ3v) is 13.2. The van der Waals surface area contributed by atoms with Gasteiger partial charge in [0.15, 0.2) is 0 Å². The van der Waals surface area contributed by atoms with Gasteiger partial charge in [0.25, 0.3) is 0 Å². The lowest BCUT2D eigenvalue weighted by atomic mass is 9.80. The van der Waals surface area contributed by atoms with Gasteiger partial charge in [-0.15, -0.1) is 0 Å². The van der Waals surface area contributed by atoms with Crippen molar-refractivity contribution in [3.63, 3.8) is 0 Å². The molecule has 0 unspecified atom stereocenters. The van der Waals surface area contributed by atoms with Crippen LogP contribution in [0.3, 0.4) is 0 Å². The van der Waals surface area contributed by atoms with Gasteiger partial charge in [0, 0.05) is 32.5 Å². The molecule has 59 heavy (non-hydrogen) atoms. The number of furan rings is 2. The van der Waals surface area contributed by atoms with Crippen LogP contribution in [-0.4, -0.2) is 0 Å². The van der Waals surface area contributed by atoms with E-state index in [0.717, 1.165) is 55.0 Å². The third kappa shape index (κ3) is 4.52. The van der Waals surface area contributed by atoms with E-state index in [0.29, 0.717) is 0 Å². The first-order valence-corrected chi connectivity index (χ1v) is 20.5. The van der Waals surface area contributed by atoms with Crippen LogP contribution < -0.4 is 0 Å². The molecule has 0 N–H and O–H groups in total.